The lowest BCUT2D eigenvalue weighted by Gasteiger charge is -2.19. The number of amides is 3. The average molecular weight is 615 g/mol. The van der Waals surface area contributed by atoms with Crippen LogP contribution in [-0.2, 0) is 29.0 Å². The molecule has 0 atom stereocenters. The van der Waals surface area contributed by atoms with E-state index in [0.717, 1.165) is 4.90 Å². The molecule has 0 N–H and O–H groups in total. The fourth-order valence-corrected chi connectivity index (χ4v) is 5.22. The van der Waals surface area contributed by atoms with Gasteiger partial charge in [-0.1, -0.05) is 78.3 Å². The number of hydrogen-bond donors (Lipinski definition) is 0. The Morgan fingerprint density at radius 2 is 1.18 bits per heavy atom. The monoisotopic (exact) mass is 614 g/mol. The number of aldehydes is 1. The molecule has 9 heteroatoms. The van der Waals surface area contributed by atoms with E-state index in [1.165, 1.54) is 96.9 Å². The zero-order valence-electron chi connectivity index (χ0n) is 25.7. The quantitative estimate of drug-likeness (QED) is 0.131. The van der Waals surface area contributed by atoms with Crippen molar-refractivity contribution in [2.45, 2.75) is 37.5 Å². The van der Waals surface area contributed by atoms with Crippen molar-refractivity contribution in [2.75, 3.05) is 16.8 Å². The summed E-state index contributed by atoms with van der Waals surface area (Å²) in [6, 6.07) is 11.0. The summed E-state index contributed by atoms with van der Waals surface area (Å²) in [7, 11) is -2.50. The van der Waals surface area contributed by atoms with Crippen LogP contribution in [0.25, 0.3) is 0 Å². The van der Waals surface area contributed by atoms with Gasteiger partial charge in [-0.25, -0.2) is 13.3 Å². The van der Waals surface area contributed by atoms with Crippen LogP contribution in [0.3, 0.4) is 0 Å². The third-order valence-electron chi connectivity index (χ3n) is 6.06. The van der Waals surface area contributed by atoms with Gasteiger partial charge in [0, 0.05) is 23.9 Å². The summed E-state index contributed by atoms with van der Waals surface area (Å²) in [6.07, 6.45) is 8.66. The smallest absolute Gasteiger partial charge is 0.266 e. The van der Waals surface area contributed by atoms with Crippen molar-refractivity contribution in [3.63, 3.8) is 0 Å². The molecule has 2 aromatic rings. The SMILES string of the molecule is C=C/C=C1/C(=O)N(c2ccc(S(=O)(=O)c3ccc(N(C)C(=O)/C(C=C)=C(/C=C)C=O)cc3)cc2)C(=O)/C1=C/C=C.CC.CC. The molecule has 1 aliphatic rings. The lowest BCUT2D eigenvalue weighted by molar-refractivity contribution is -0.120. The standard InChI is InChI=1S/C31H26N2O6S.2C2H6/c1-6-10-27-28(11-7-2)31(37)33(30(27)36)23-14-18-25(19-15-23)40(38,39)24-16-12-22(13-17-24)32(5)29(35)26(9-4)21(8-3)20-34;2*1-2/h6-20H,1-4H2,5H3;2*1-2H3/b26-21-,27-10+,28-11+;;. The van der Waals surface area contributed by atoms with Crippen molar-refractivity contribution < 1.29 is 27.6 Å². The Morgan fingerprint density at radius 3 is 1.55 bits per heavy atom. The third kappa shape index (κ3) is 7.62. The minimum Gasteiger partial charge on any atom is -0.311 e. The van der Waals surface area contributed by atoms with Crippen LogP contribution in [0.5, 0.6) is 0 Å². The fraction of sp³-hybridized carbons (Fsp3) is 0.143. The number of nitrogens with zero attached hydrogens (tertiary/aromatic N) is 2. The molecule has 0 unspecified atom stereocenters. The van der Waals surface area contributed by atoms with Gasteiger partial charge in [0.25, 0.3) is 17.7 Å². The van der Waals surface area contributed by atoms with E-state index in [9.17, 15) is 27.6 Å². The molecule has 0 radical (unpaired) electrons. The molecule has 1 fully saturated rings. The Kier molecular flexibility index (Phi) is 14.3. The van der Waals surface area contributed by atoms with Crippen LogP contribution in [0.2, 0.25) is 0 Å². The van der Waals surface area contributed by atoms with E-state index in [-0.39, 0.29) is 37.8 Å². The van der Waals surface area contributed by atoms with E-state index in [0.29, 0.717) is 12.0 Å². The molecule has 1 heterocycles. The van der Waals surface area contributed by atoms with E-state index in [4.69, 9.17) is 0 Å². The maximum absolute atomic E-state index is 13.3. The first-order valence-corrected chi connectivity index (χ1v) is 15.3. The Balaban J connectivity index is 0.00000232. The largest absolute Gasteiger partial charge is 0.311 e. The molecule has 3 amide bonds. The van der Waals surface area contributed by atoms with Crippen LogP contribution in [0.15, 0.2) is 143 Å². The Morgan fingerprint density at radius 1 is 0.750 bits per heavy atom. The number of carbonyl (C=O) groups is 4. The molecule has 0 saturated carbocycles. The minimum atomic E-state index is -3.98. The zero-order valence-corrected chi connectivity index (χ0v) is 26.6. The van der Waals surface area contributed by atoms with Crippen molar-refractivity contribution >= 4 is 45.2 Å². The van der Waals surface area contributed by atoms with Crippen LogP contribution in [0.4, 0.5) is 11.4 Å². The zero-order chi connectivity index (χ0) is 33.6. The number of anilines is 2. The van der Waals surface area contributed by atoms with Crippen molar-refractivity contribution in [2.24, 2.45) is 0 Å². The van der Waals surface area contributed by atoms with Gasteiger partial charge in [-0.2, -0.15) is 0 Å². The first-order chi connectivity index (χ1) is 21.1. The van der Waals surface area contributed by atoms with Crippen LogP contribution >= 0.6 is 0 Å². The summed E-state index contributed by atoms with van der Waals surface area (Å²) in [5, 5.41) is 0. The lowest BCUT2D eigenvalue weighted by Crippen LogP contribution is -2.29. The molecule has 2 aromatic carbocycles. The predicted octanol–water partition coefficient (Wildman–Crippen LogP) is 6.50. The molecule has 230 valence electrons. The summed E-state index contributed by atoms with van der Waals surface area (Å²) in [6.45, 7) is 22.2. The van der Waals surface area contributed by atoms with Gasteiger partial charge in [-0.05, 0) is 60.7 Å². The van der Waals surface area contributed by atoms with Gasteiger partial charge in [0.2, 0.25) is 9.84 Å². The van der Waals surface area contributed by atoms with Gasteiger partial charge in [0.15, 0.2) is 6.29 Å². The fourth-order valence-electron chi connectivity index (χ4n) is 3.96. The highest BCUT2D eigenvalue weighted by atomic mass is 32.2. The van der Waals surface area contributed by atoms with E-state index in [1.54, 1.807) is 0 Å². The first kappa shape index (κ1) is 36.9. The number of sulfone groups is 1. The molecular weight excluding hydrogens is 576 g/mol. The number of likely N-dealkylation sites (N-methyl/N-ethyl adjacent to an activating group) is 1. The van der Waals surface area contributed by atoms with Crippen molar-refractivity contribution in [1.29, 1.82) is 0 Å². The van der Waals surface area contributed by atoms with Crippen LogP contribution in [0, 0.1) is 0 Å². The average Bonchev–Trinajstić information content (AvgIpc) is 3.29. The third-order valence-corrected chi connectivity index (χ3v) is 7.85. The number of carbonyl (C=O) groups excluding carboxylic acids is 4. The summed E-state index contributed by atoms with van der Waals surface area (Å²) < 4.78 is 26.5. The van der Waals surface area contributed by atoms with Gasteiger partial charge in [-0.15, -0.1) is 0 Å². The second-order valence-corrected chi connectivity index (χ2v) is 10.3. The summed E-state index contributed by atoms with van der Waals surface area (Å²) in [5.74, 6) is -1.65. The molecule has 8 nitrogen and oxygen atoms in total. The van der Waals surface area contributed by atoms with Crippen molar-refractivity contribution in [3.8, 4) is 0 Å². The van der Waals surface area contributed by atoms with E-state index >= 15 is 0 Å². The summed E-state index contributed by atoms with van der Waals surface area (Å²) in [5.41, 5.74) is 1.02. The highest BCUT2D eigenvalue weighted by Gasteiger charge is 2.39. The van der Waals surface area contributed by atoms with E-state index in [1.807, 2.05) is 27.7 Å². The van der Waals surface area contributed by atoms with Crippen LogP contribution in [0.1, 0.15) is 27.7 Å². The Bertz CT molecular complexity index is 1600. The second kappa shape index (κ2) is 17.1. The topological polar surface area (TPSA) is 109 Å². The molecule has 1 saturated heterocycles. The van der Waals surface area contributed by atoms with E-state index in [2.05, 4.69) is 26.3 Å². The molecular formula is C35H38N2O6S. The number of benzene rings is 2. The maximum atomic E-state index is 13.3. The first-order valence-electron chi connectivity index (χ1n) is 13.8. The van der Waals surface area contributed by atoms with Gasteiger partial charge in [0.1, 0.15) is 0 Å². The number of allylic oxidation sites excluding steroid dienone is 6. The Hall–Kier alpha value is -5.15. The van der Waals surface area contributed by atoms with E-state index < -0.39 is 27.6 Å². The summed E-state index contributed by atoms with van der Waals surface area (Å²) >= 11 is 0. The second-order valence-electron chi connectivity index (χ2n) is 8.33. The molecule has 0 aromatic heterocycles. The van der Waals surface area contributed by atoms with Gasteiger partial charge < -0.3 is 4.90 Å². The van der Waals surface area contributed by atoms with Crippen LogP contribution in [-0.4, -0.2) is 39.5 Å². The van der Waals surface area contributed by atoms with Crippen LogP contribution < -0.4 is 9.80 Å². The normalized spacial score (nSPS) is 14.8. The molecule has 0 aliphatic carbocycles. The molecule has 1 aliphatic heterocycles. The molecule has 0 spiro atoms. The molecule has 44 heavy (non-hydrogen) atoms. The van der Waals surface area contributed by atoms with Gasteiger partial charge in [0.05, 0.1) is 26.6 Å². The number of imide groups is 1. The predicted molar refractivity (Wildman–Crippen MR) is 177 cm³/mol. The van der Waals surface area contributed by atoms with Gasteiger partial charge >= 0.3 is 0 Å². The van der Waals surface area contributed by atoms with Crippen molar-refractivity contribution in [3.05, 3.63) is 134 Å². The number of rotatable bonds is 10. The van der Waals surface area contributed by atoms with Crippen molar-refractivity contribution in [1.82, 2.24) is 0 Å². The number of hydrogen-bond acceptors (Lipinski definition) is 6. The maximum Gasteiger partial charge on any atom is 0.266 e. The minimum absolute atomic E-state index is 0.0373. The molecule has 0 bridgehead atoms. The Labute approximate surface area is 260 Å². The molecule has 3 rings (SSSR count). The summed E-state index contributed by atoms with van der Waals surface area (Å²) in [4.78, 5) is 52.0. The lowest BCUT2D eigenvalue weighted by atomic mass is 10.1. The van der Waals surface area contributed by atoms with Gasteiger partial charge in [-0.3, -0.25) is 19.2 Å². The highest BCUT2D eigenvalue weighted by Crippen LogP contribution is 2.32. The highest BCUT2D eigenvalue weighted by molar-refractivity contribution is 7.91.